The van der Waals surface area contributed by atoms with Crippen molar-refractivity contribution in [3.8, 4) is 0 Å². The zero-order valence-electron chi connectivity index (χ0n) is 20.9. The molecule has 0 radical (unpaired) electrons. The van der Waals surface area contributed by atoms with Crippen molar-refractivity contribution in [1.29, 1.82) is 0 Å². The monoisotopic (exact) mass is 475 g/mol. The standard InChI is InChI=1S/C29H33NO3S/c1-17-13-19(3)27(14-18(17)2)34(31,32)30-25-16-24-23-15-20(29(4,5)6)11-12-26(23)33-28(24)22-10-8-7-9-21(22)25/h7-10,13-14,16,20,30H,11-12,15H2,1-6H3/t20-/m0/s1. The average Bonchev–Trinajstić information content (AvgIpc) is 3.13. The second kappa shape index (κ2) is 7.88. The van der Waals surface area contributed by atoms with E-state index >= 15 is 0 Å². The van der Waals surface area contributed by atoms with Gasteiger partial charge in [-0.05, 0) is 73.8 Å². The first-order valence-corrected chi connectivity index (χ1v) is 13.5. The molecule has 0 saturated heterocycles. The van der Waals surface area contributed by atoms with E-state index in [1.54, 1.807) is 6.07 Å². The average molecular weight is 476 g/mol. The van der Waals surface area contributed by atoms with Gasteiger partial charge in [0.15, 0.2) is 0 Å². The maximum atomic E-state index is 13.5. The van der Waals surface area contributed by atoms with Crippen LogP contribution in [0.3, 0.4) is 0 Å². The molecule has 5 rings (SSSR count). The Bertz CT molecular complexity index is 1540. The van der Waals surface area contributed by atoms with Gasteiger partial charge < -0.3 is 4.42 Å². The molecule has 0 unspecified atom stereocenters. The van der Waals surface area contributed by atoms with Crippen LogP contribution in [-0.4, -0.2) is 8.42 Å². The lowest BCUT2D eigenvalue weighted by Gasteiger charge is -2.33. The Kier molecular flexibility index (Phi) is 5.32. The van der Waals surface area contributed by atoms with Crippen LogP contribution in [0.2, 0.25) is 0 Å². The molecule has 3 aromatic carbocycles. The zero-order valence-corrected chi connectivity index (χ0v) is 21.7. The van der Waals surface area contributed by atoms with Crippen molar-refractivity contribution in [1.82, 2.24) is 0 Å². The summed E-state index contributed by atoms with van der Waals surface area (Å²) in [5, 5.41) is 2.81. The van der Waals surface area contributed by atoms with Crippen LogP contribution in [0.15, 0.2) is 51.8 Å². The molecule has 34 heavy (non-hydrogen) atoms. The van der Waals surface area contributed by atoms with Gasteiger partial charge in [-0.2, -0.15) is 0 Å². The Morgan fingerprint density at radius 3 is 2.29 bits per heavy atom. The van der Waals surface area contributed by atoms with Crippen LogP contribution in [-0.2, 0) is 22.9 Å². The molecule has 1 aromatic heterocycles. The quantitative estimate of drug-likeness (QED) is 0.334. The molecule has 0 bridgehead atoms. The lowest BCUT2D eigenvalue weighted by Crippen LogP contribution is -2.26. The van der Waals surface area contributed by atoms with Gasteiger partial charge in [-0.25, -0.2) is 8.42 Å². The minimum absolute atomic E-state index is 0.212. The van der Waals surface area contributed by atoms with Crippen LogP contribution >= 0.6 is 0 Å². The smallest absolute Gasteiger partial charge is 0.262 e. The summed E-state index contributed by atoms with van der Waals surface area (Å²) in [5.74, 6) is 1.61. The van der Waals surface area contributed by atoms with Crippen LogP contribution in [0, 0.1) is 32.1 Å². The SMILES string of the molecule is Cc1cc(C)c(S(=O)(=O)Nc2cc3c4c(oc3c3ccccc23)CC[C@H](C(C)(C)C)C4)cc1C. The Balaban J connectivity index is 1.68. The summed E-state index contributed by atoms with van der Waals surface area (Å²) in [6, 6.07) is 13.6. The van der Waals surface area contributed by atoms with Crippen molar-refractivity contribution in [2.24, 2.45) is 11.3 Å². The van der Waals surface area contributed by atoms with E-state index in [2.05, 4.69) is 25.5 Å². The van der Waals surface area contributed by atoms with E-state index in [1.807, 2.05) is 57.2 Å². The maximum absolute atomic E-state index is 13.5. The van der Waals surface area contributed by atoms with Gasteiger partial charge in [0.1, 0.15) is 11.3 Å². The third-order valence-corrected chi connectivity index (χ3v) is 9.11. The number of hydrogen-bond donors (Lipinski definition) is 1. The van der Waals surface area contributed by atoms with Gasteiger partial charge in [-0.1, -0.05) is 51.1 Å². The minimum atomic E-state index is -3.76. The normalized spacial score (nSPS) is 16.7. The summed E-state index contributed by atoms with van der Waals surface area (Å²) in [6.45, 7) is 12.7. The van der Waals surface area contributed by atoms with Crippen molar-refractivity contribution in [3.05, 3.63) is 70.5 Å². The summed E-state index contributed by atoms with van der Waals surface area (Å²) in [4.78, 5) is 0.321. The fourth-order valence-electron chi connectivity index (χ4n) is 5.34. The van der Waals surface area contributed by atoms with Crippen molar-refractivity contribution in [2.45, 2.75) is 65.7 Å². The molecule has 0 fully saturated rings. The van der Waals surface area contributed by atoms with Gasteiger partial charge in [0.2, 0.25) is 0 Å². The second-order valence-corrected chi connectivity index (χ2v) is 12.6. The van der Waals surface area contributed by atoms with E-state index in [-0.39, 0.29) is 5.41 Å². The number of nitrogens with one attached hydrogen (secondary N) is 1. The topological polar surface area (TPSA) is 59.3 Å². The van der Waals surface area contributed by atoms with Gasteiger partial charge in [-0.15, -0.1) is 0 Å². The summed E-state index contributed by atoms with van der Waals surface area (Å²) in [5.41, 5.74) is 5.70. The first-order chi connectivity index (χ1) is 16.0. The number of aryl methyl sites for hydroxylation is 4. The lowest BCUT2D eigenvalue weighted by atomic mass is 9.71. The van der Waals surface area contributed by atoms with E-state index in [0.29, 0.717) is 16.5 Å². The molecule has 0 saturated carbocycles. The number of fused-ring (bicyclic) bond motifs is 5. The van der Waals surface area contributed by atoms with Gasteiger partial charge in [0.25, 0.3) is 10.0 Å². The molecule has 5 heteroatoms. The summed E-state index contributed by atoms with van der Waals surface area (Å²) < 4.78 is 36.4. The number of furan rings is 1. The number of rotatable bonds is 3. The van der Waals surface area contributed by atoms with E-state index in [1.165, 1.54) is 5.56 Å². The van der Waals surface area contributed by atoms with E-state index < -0.39 is 10.0 Å². The number of sulfonamides is 1. The number of hydrogen-bond acceptors (Lipinski definition) is 3. The highest BCUT2D eigenvalue weighted by Crippen LogP contribution is 2.44. The molecule has 4 aromatic rings. The van der Waals surface area contributed by atoms with Crippen LogP contribution < -0.4 is 4.72 Å². The molecule has 4 nitrogen and oxygen atoms in total. The molecular weight excluding hydrogens is 442 g/mol. The predicted octanol–water partition coefficient (Wildman–Crippen LogP) is 7.46. The second-order valence-electron chi connectivity index (χ2n) is 11.0. The highest BCUT2D eigenvalue weighted by atomic mass is 32.2. The van der Waals surface area contributed by atoms with Gasteiger partial charge in [-0.3, -0.25) is 4.72 Å². The third kappa shape index (κ3) is 3.80. The molecule has 1 aliphatic rings. The fourth-order valence-corrected chi connectivity index (χ4v) is 6.73. The Labute approximate surface area is 202 Å². The van der Waals surface area contributed by atoms with E-state index in [0.717, 1.165) is 63.5 Å². The van der Waals surface area contributed by atoms with Crippen LogP contribution in [0.4, 0.5) is 5.69 Å². The van der Waals surface area contributed by atoms with Crippen LogP contribution in [0.1, 0.15) is 55.2 Å². The summed E-state index contributed by atoms with van der Waals surface area (Å²) in [7, 11) is -3.76. The zero-order chi connectivity index (χ0) is 24.4. The number of anilines is 1. The molecule has 0 amide bonds. The van der Waals surface area contributed by atoms with Crippen LogP contribution in [0.5, 0.6) is 0 Å². The lowest BCUT2D eigenvalue weighted by molar-refractivity contribution is 0.210. The van der Waals surface area contributed by atoms with Crippen molar-refractivity contribution >= 4 is 37.5 Å². The molecule has 1 N–H and O–H groups in total. The summed E-state index contributed by atoms with van der Waals surface area (Å²) in [6.07, 6.45) is 2.98. The molecular formula is C29H33NO3S. The first kappa shape index (κ1) is 23.0. The third-order valence-electron chi connectivity index (χ3n) is 7.60. The fraction of sp³-hybridized carbons (Fsp3) is 0.379. The van der Waals surface area contributed by atoms with Crippen molar-refractivity contribution < 1.29 is 12.8 Å². The molecule has 0 aliphatic heterocycles. The highest BCUT2D eigenvalue weighted by molar-refractivity contribution is 7.92. The van der Waals surface area contributed by atoms with Crippen molar-refractivity contribution in [3.63, 3.8) is 0 Å². The Morgan fingerprint density at radius 1 is 0.912 bits per heavy atom. The molecule has 0 spiro atoms. The number of benzene rings is 3. The minimum Gasteiger partial charge on any atom is -0.460 e. The molecule has 1 atom stereocenters. The highest BCUT2D eigenvalue weighted by Gasteiger charge is 2.32. The summed E-state index contributed by atoms with van der Waals surface area (Å²) >= 11 is 0. The van der Waals surface area contributed by atoms with E-state index in [9.17, 15) is 8.42 Å². The van der Waals surface area contributed by atoms with Crippen molar-refractivity contribution in [2.75, 3.05) is 4.72 Å². The first-order valence-electron chi connectivity index (χ1n) is 12.0. The Morgan fingerprint density at radius 2 is 1.59 bits per heavy atom. The van der Waals surface area contributed by atoms with Crippen LogP contribution in [0.25, 0.3) is 21.7 Å². The molecule has 178 valence electrons. The van der Waals surface area contributed by atoms with Gasteiger partial charge in [0, 0.05) is 28.1 Å². The molecule has 1 heterocycles. The van der Waals surface area contributed by atoms with Gasteiger partial charge >= 0.3 is 0 Å². The van der Waals surface area contributed by atoms with E-state index in [4.69, 9.17) is 4.42 Å². The predicted molar refractivity (Wildman–Crippen MR) is 140 cm³/mol. The van der Waals surface area contributed by atoms with Gasteiger partial charge in [0.05, 0.1) is 10.6 Å². The Hall–Kier alpha value is -2.79. The molecule has 1 aliphatic carbocycles. The largest absolute Gasteiger partial charge is 0.460 e. The maximum Gasteiger partial charge on any atom is 0.262 e.